The Labute approximate surface area is 143 Å². The lowest BCUT2D eigenvalue weighted by molar-refractivity contribution is -0.0189. The Morgan fingerprint density at radius 2 is 2.14 bits per heavy atom. The maximum atomic E-state index is 6.21. The highest BCUT2D eigenvalue weighted by atomic mass is 79.9. The van der Waals surface area contributed by atoms with Gasteiger partial charge in [-0.1, -0.05) is 41.8 Å². The Bertz CT molecular complexity index is 389. The standard InChI is InChI=1S/C17H30BrN3O/c1-5-21(4)13-19-12-11-16(18)17(20-14(2)3)22-15-9-7-6-8-10-15/h11,13,15,17,20H,2,5-10,12H2,1,3-4H3/b16-11+,19-13?/t17-/m1/s1. The van der Waals surface area contributed by atoms with Crippen molar-refractivity contribution in [3.63, 3.8) is 0 Å². The fourth-order valence-electron chi connectivity index (χ4n) is 2.30. The summed E-state index contributed by atoms with van der Waals surface area (Å²) in [5.41, 5.74) is 0.903. The number of allylic oxidation sites excluding steroid dienone is 1. The number of halogens is 1. The molecule has 1 rings (SSSR count). The van der Waals surface area contributed by atoms with Crippen LogP contribution in [-0.2, 0) is 4.74 Å². The number of rotatable bonds is 9. The van der Waals surface area contributed by atoms with Crippen LogP contribution < -0.4 is 5.32 Å². The second kappa shape index (κ2) is 10.8. The Morgan fingerprint density at radius 1 is 1.45 bits per heavy atom. The van der Waals surface area contributed by atoms with Crippen molar-refractivity contribution in [2.24, 2.45) is 4.99 Å². The maximum absolute atomic E-state index is 6.21. The molecule has 0 bridgehead atoms. The monoisotopic (exact) mass is 371 g/mol. The second-order valence-electron chi connectivity index (χ2n) is 5.84. The predicted molar refractivity (Wildman–Crippen MR) is 98.4 cm³/mol. The van der Waals surface area contributed by atoms with Crippen LogP contribution >= 0.6 is 15.9 Å². The molecule has 1 aliphatic carbocycles. The smallest absolute Gasteiger partial charge is 0.160 e. The van der Waals surface area contributed by atoms with E-state index in [1.165, 1.54) is 19.3 Å². The number of aliphatic imine (C=N–C) groups is 1. The van der Waals surface area contributed by atoms with Gasteiger partial charge in [-0.2, -0.15) is 0 Å². The molecule has 4 nitrogen and oxygen atoms in total. The van der Waals surface area contributed by atoms with Gasteiger partial charge >= 0.3 is 0 Å². The third-order valence-electron chi connectivity index (χ3n) is 3.68. The molecular formula is C17H30BrN3O. The van der Waals surface area contributed by atoms with Crippen LogP contribution in [0.4, 0.5) is 0 Å². The molecule has 0 aromatic rings. The first-order chi connectivity index (χ1) is 10.5. The van der Waals surface area contributed by atoms with Crippen LogP contribution in [-0.4, -0.2) is 43.7 Å². The fraction of sp³-hybridized carbons (Fsp3) is 0.706. The summed E-state index contributed by atoms with van der Waals surface area (Å²) in [6, 6.07) is 0. The minimum absolute atomic E-state index is 0.167. The third kappa shape index (κ3) is 7.99. The first-order valence-electron chi connectivity index (χ1n) is 8.16. The van der Waals surface area contributed by atoms with E-state index in [4.69, 9.17) is 4.74 Å². The molecule has 22 heavy (non-hydrogen) atoms. The molecule has 0 aromatic carbocycles. The number of hydrogen-bond donors (Lipinski definition) is 1. The zero-order valence-electron chi connectivity index (χ0n) is 14.1. The van der Waals surface area contributed by atoms with Crippen LogP contribution in [0.25, 0.3) is 0 Å². The number of hydrogen-bond acceptors (Lipinski definition) is 3. The first-order valence-corrected chi connectivity index (χ1v) is 8.95. The van der Waals surface area contributed by atoms with Crippen molar-refractivity contribution in [1.82, 2.24) is 10.2 Å². The second-order valence-corrected chi connectivity index (χ2v) is 6.76. The van der Waals surface area contributed by atoms with E-state index in [2.05, 4.69) is 39.7 Å². The molecule has 1 fully saturated rings. The van der Waals surface area contributed by atoms with Gasteiger partial charge in [-0.25, -0.2) is 0 Å². The Hall–Kier alpha value is -0.810. The van der Waals surface area contributed by atoms with Gasteiger partial charge in [0, 0.05) is 23.8 Å². The Morgan fingerprint density at radius 3 is 2.73 bits per heavy atom. The summed E-state index contributed by atoms with van der Waals surface area (Å²) in [6.07, 6.45) is 10.2. The molecule has 0 spiro atoms. The Balaban J connectivity index is 2.56. The van der Waals surface area contributed by atoms with Gasteiger partial charge in [-0.15, -0.1) is 0 Å². The summed E-state index contributed by atoms with van der Waals surface area (Å²) in [5.74, 6) is 0. The van der Waals surface area contributed by atoms with Crippen LogP contribution in [0.5, 0.6) is 0 Å². The van der Waals surface area contributed by atoms with Crippen molar-refractivity contribution < 1.29 is 4.74 Å². The molecule has 126 valence electrons. The summed E-state index contributed by atoms with van der Waals surface area (Å²) in [6.45, 7) is 9.57. The van der Waals surface area contributed by atoms with Gasteiger partial charge in [0.15, 0.2) is 6.23 Å². The first kappa shape index (κ1) is 19.2. The fourth-order valence-corrected chi connectivity index (χ4v) is 2.67. The normalized spacial score (nSPS) is 18.5. The summed E-state index contributed by atoms with van der Waals surface area (Å²) in [7, 11) is 2.01. The molecule has 0 radical (unpaired) electrons. The van der Waals surface area contributed by atoms with Crippen molar-refractivity contribution in [2.75, 3.05) is 20.1 Å². The SMILES string of the molecule is C=C(C)N[C@H](OC1CCCCC1)/C(Br)=C\CN=CN(C)CC. The molecule has 0 aromatic heterocycles. The Kier molecular flexibility index (Phi) is 9.48. The van der Waals surface area contributed by atoms with Gasteiger partial charge in [-0.05, 0) is 32.8 Å². The van der Waals surface area contributed by atoms with Gasteiger partial charge in [-0.3, -0.25) is 4.99 Å². The van der Waals surface area contributed by atoms with Crippen molar-refractivity contribution in [3.8, 4) is 0 Å². The van der Waals surface area contributed by atoms with Gasteiger partial charge in [0.1, 0.15) is 0 Å². The van der Waals surface area contributed by atoms with E-state index in [-0.39, 0.29) is 6.23 Å². The molecule has 0 heterocycles. The topological polar surface area (TPSA) is 36.9 Å². The molecule has 1 N–H and O–H groups in total. The minimum Gasteiger partial charge on any atom is -0.366 e. The van der Waals surface area contributed by atoms with Gasteiger partial charge < -0.3 is 15.0 Å². The minimum atomic E-state index is -0.167. The van der Waals surface area contributed by atoms with E-state index in [9.17, 15) is 0 Å². The molecule has 0 aliphatic heterocycles. The molecule has 5 heteroatoms. The predicted octanol–water partition coefficient (Wildman–Crippen LogP) is 4.04. The highest BCUT2D eigenvalue weighted by Gasteiger charge is 2.20. The van der Waals surface area contributed by atoms with Gasteiger partial charge in [0.25, 0.3) is 0 Å². The molecular weight excluding hydrogens is 342 g/mol. The number of nitrogens with zero attached hydrogens (tertiary/aromatic N) is 2. The van der Waals surface area contributed by atoms with Gasteiger partial charge in [0.2, 0.25) is 0 Å². The zero-order valence-corrected chi connectivity index (χ0v) is 15.7. The van der Waals surface area contributed by atoms with Crippen LogP contribution in [0, 0.1) is 0 Å². The molecule has 1 atom stereocenters. The summed E-state index contributed by atoms with van der Waals surface area (Å²) < 4.78 is 7.20. The van der Waals surface area contributed by atoms with Crippen molar-refractivity contribution >= 4 is 22.3 Å². The maximum Gasteiger partial charge on any atom is 0.160 e. The molecule has 1 aliphatic rings. The average molecular weight is 372 g/mol. The zero-order chi connectivity index (χ0) is 16.4. The highest BCUT2D eigenvalue weighted by molar-refractivity contribution is 9.11. The summed E-state index contributed by atoms with van der Waals surface area (Å²) in [4.78, 5) is 6.42. The molecule has 0 saturated heterocycles. The van der Waals surface area contributed by atoms with E-state index in [0.717, 1.165) is 29.6 Å². The van der Waals surface area contributed by atoms with Crippen LogP contribution in [0.15, 0.2) is 27.8 Å². The lowest BCUT2D eigenvalue weighted by Gasteiger charge is -2.28. The molecule has 1 saturated carbocycles. The van der Waals surface area contributed by atoms with E-state index in [1.54, 1.807) is 0 Å². The van der Waals surface area contributed by atoms with E-state index in [1.807, 2.05) is 31.3 Å². The summed E-state index contributed by atoms with van der Waals surface area (Å²) >= 11 is 3.63. The van der Waals surface area contributed by atoms with E-state index >= 15 is 0 Å². The lowest BCUT2D eigenvalue weighted by Crippen LogP contribution is -2.35. The van der Waals surface area contributed by atoms with E-state index < -0.39 is 0 Å². The quantitative estimate of drug-likeness (QED) is 0.377. The lowest BCUT2D eigenvalue weighted by atomic mass is 9.98. The summed E-state index contributed by atoms with van der Waals surface area (Å²) in [5, 5.41) is 3.29. The largest absolute Gasteiger partial charge is 0.366 e. The van der Waals surface area contributed by atoms with Crippen LogP contribution in [0.3, 0.4) is 0 Å². The highest BCUT2D eigenvalue weighted by Crippen LogP contribution is 2.24. The average Bonchev–Trinajstić information content (AvgIpc) is 2.51. The van der Waals surface area contributed by atoms with Crippen LogP contribution in [0.2, 0.25) is 0 Å². The van der Waals surface area contributed by atoms with Crippen LogP contribution in [0.1, 0.15) is 46.0 Å². The van der Waals surface area contributed by atoms with Crippen molar-refractivity contribution in [3.05, 3.63) is 22.8 Å². The van der Waals surface area contributed by atoms with Crippen molar-refractivity contribution in [1.29, 1.82) is 0 Å². The van der Waals surface area contributed by atoms with E-state index in [0.29, 0.717) is 12.6 Å². The number of ether oxygens (including phenoxy) is 1. The molecule has 0 unspecified atom stereocenters. The third-order valence-corrected chi connectivity index (χ3v) is 4.42. The number of nitrogens with one attached hydrogen (secondary N) is 1. The van der Waals surface area contributed by atoms with Gasteiger partial charge in [0.05, 0.1) is 19.0 Å². The van der Waals surface area contributed by atoms with Crippen molar-refractivity contribution in [2.45, 2.75) is 58.3 Å². The molecule has 0 amide bonds.